The van der Waals surface area contributed by atoms with Crippen LogP contribution in [0.1, 0.15) is 67.9 Å². The van der Waals surface area contributed by atoms with Crippen LogP contribution in [-0.2, 0) is 10.2 Å². The third-order valence-electron chi connectivity index (χ3n) is 8.34. The zero-order valence-corrected chi connectivity index (χ0v) is 21.8. The van der Waals surface area contributed by atoms with E-state index in [1.54, 1.807) is 0 Å². The summed E-state index contributed by atoms with van der Waals surface area (Å²) in [5, 5.41) is 6.27. The number of fused-ring (bicyclic) bond motifs is 1. The predicted octanol–water partition coefficient (Wildman–Crippen LogP) is 6.62. The molecule has 198 valence electrons. The Morgan fingerprint density at radius 1 is 0.921 bits per heavy atom. The number of carbonyl (C=O) groups excluding carboxylic acids is 2. The maximum absolute atomic E-state index is 13.4. The minimum atomic E-state index is -0.529. The summed E-state index contributed by atoms with van der Waals surface area (Å²) in [6.07, 6.45) is 7.90. The predicted molar refractivity (Wildman–Crippen MR) is 150 cm³/mol. The molecule has 2 amide bonds. The van der Waals surface area contributed by atoms with Gasteiger partial charge in [-0.1, -0.05) is 43.5 Å². The van der Waals surface area contributed by atoms with Crippen molar-refractivity contribution in [2.45, 2.75) is 57.3 Å². The van der Waals surface area contributed by atoms with Gasteiger partial charge in [-0.15, -0.1) is 0 Å². The lowest BCUT2D eigenvalue weighted by atomic mass is 9.89. The molecular formula is C32H36N2O4. The van der Waals surface area contributed by atoms with Crippen LogP contribution in [0, 0.1) is 12.8 Å². The zero-order valence-electron chi connectivity index (χ0n) is 21.8. The fourth-order valence-electron chi connectivity index (χ4n) is 5.76. The molecule has 0 aromatic heterocycles. The number of benzene rings is 3. The lowest BCUT2D eigenvalue weighted by Gasteiger charge is -2.21. The second kappa shape index (κ2) is 10.2. The van der Waals surface area contributed by atoms with E-state index in [-0.39, 0.29) is 20.0 Å². The molecule has 2 N–H and O–H groups in total. The molecule has 3 aliphatic rings. The lowest BCUT2D eigenvalue weighted by Crippen LogP contribution is -2.30. The first-order valence-electron chi connectivity index (χ1n) is 13.7. The number of hydrogen-bond acceptors (Lipinski definition) is 4. The van der Waals surface area contributed by atoms with E-state index >= 15 is 0 Å². The number of rotatable bonds is 7. The highest BCUT2D eigenvalue weighted by atomic mass is 16.7. The minimum absolute atomic E-state index is 0. The van der Waals surface area contributed by atoms with E-state index in [1.165, 1.54) is 32.1 Å². The molecule has 1 aliphatic heterocycles. The molecule has 38 heavy (non-hydrogen) atoms. The smallest absolute Gasteiger partial charge is 0.251 e. The van der Waals surface area contributed by atoms with E-state index in [0.29, 0.717) is 17.2 Å². The summed E-state index contributed by atoms with van der Waals surface area (Å²) in [6.45, 7) is 3.03. The maximum atomic E-state index is 13.4. The average molecular weight is 513 g/mol. The van der Waals surface area contributed by atoms with Crippen molar-refractivity contribution >= 4 is 17.5 Å². The minimum Gasteiger partial charge on any atom is -0.454 e. The summed E-state index contributed by atoms with van der Waals surface area (Å²) in [6, 6.07) is 19.5. The van der Waals surface area contributed by atoms with E-state index in [4.69, 9.17) is 9.47 Å². The number of carbonyl (C=O) groups is 2. The molecule has 0 bridgehead atoms. The van der Waals surface area contributed by atoms with Crippen LogP contribution in [0.4, 0.5) is 5.69 Å². The van der Waals surface area contributed by atoms with Gasteiger partial charge in [0.15, 0.2) is 11.5 Å². The first-order chi connectivity index (χ1) is 18.5. The summed E-state index contributed by atoms with van der Waals surface area (Å²) in [5.41, 5.74) is 5.02. The third kappa shape index (κ3) is 4.87. The normalized spacial score (nSPS) is 17.6. The molecule has 1 heterocycles. The topological polar surface area (TPSA) is 76.7 Å². The van der Waals surface area contributed by atoms with Crippen LogP contribution in [0.15, 0.2) is 60.7 Å². The van der Waals surface area contributed by atoms with Crippen molar-refractivity contribution < 1.29 is 20.5 Å². The summed E-state index contributed by atoms with van der Waals surface area (Å²) in [4.78, 5) is 26.1. The second-order valence-electron chi connectivity index (χ2n) is 10.9. The molecule has 2 saturated carbocycles. The van der Waals surface area contributed by atoms with Crippen molar-refractivity contribution in [2.24, 2.45) is 5.92 Å². The Kier molecular flexibility index (Phi) is 6.56. The van der Waals surface area contributed by atoms with Gasteiger partial charge in [-0.05, 0) is 97.2 Å². The molecular weight excluding hydrogens is 476 g/mol. The summed E-state index contributed by atoms with van der Waals surface area (Å²) in [7, 11) is 0. The van der Waals surface area contributed by atoms with Gasteiger partial charge < -0.3 is 20.1 Å². The van der Waals surface area contributed by atoms with Crippen LogP contribution < -0.4 is 20.1 Å². The number of anilines is 1. The van der Waals surface area contributed by atoms with Gasteiger partial charge in [0.05, 0.1) is 5.41 Å². The van der Waals surface area contributed by atoms with Crippen molar-refractivity contribution in [3.05, 3.63) is 77.4 Å². The van der Waals surface area contributed by atoms with Crippen molar-refractivity contribution in [3.8, 4) is 22.6 Å². The van der Waals surface area contributed by atoms with E-state index in [1.807, 2.05) is 60.7 Å². The highest BCUT2D eigenvalue weighted by molar-refractivity contribution is 6.02. The number of amides is 2. The average Bonchev–Trinajstić information content (AvgIpc) is 3.64. The summed E-state index contributed by atoms with van der Waals surface area (Å²) in [5.74, 6) is 2.01. The SMILES string of the molecule is Cc1ccc(NC(=O)C2(c3ccc4c(c3)OCO4)CC2)cc1-c1ccc(C(=O)NCC2CCCCC2)cc1.[HH]. The molecule has 0 unspecified atom stereocenters. The molecule has 6 heteroatoms. The zero-order chi connectivity index (χ0) is 26.1. The Labute approximate surface area is 225 Å². The molecule has 6 rings (SSSR count). The number of ether oxygens (including phenoxy) is 2. The highest BCUT2D eigenvalue weighted by Crippen LogP contribution is 2.51. The molecule has 0 radical (unpaired) electrons. The molecule has 0 saturated heterocycles. The van der Waals surface area contributed by atoms with E-state index in [0.717, 1.165) is 53.1 Å². The van der Waals surface area contributed by atoms with Gasteiger partial charge in [0.25, 0.3) is 5.91 Å². The molecule has 2 fully saturated rings. The first kappa shape index (κ1) is 24.5. The van der Waals surface area contributed by atoms with Crippen molar-refractivity contribution in [3.63, 3.8) is 0 Å². The van der Waals surface area contributed by atoms with Crippen molar-refractivity contribution in [2.75, 3.05) is 18.7 Å². The summed E-state index contributed by atoms with van der Waals surface area (Å²) >= 11 is 0. The van der Waals surface area contributed by atoms with Gasteiger partial charge in [0.1, 0.15) is 0 Å². The van der Waals surface area contributed by atoms with E-state index < -0.39 is 5.41 Å². The van der Waals surface area contributed by atoms with E-state index in [2.05, 4.69) is 17.6 Å². The fraction of sp³-hybridized carbons (Fsp3) is 0.375. The van der Waals surface area contributed by atoms with Crippen LogP contribution in [0.2, 0.25) is 0 Å². The number of nitrogens with one attached hydrogen (secondary N) is 2. The van der Waals surface area contributed by atoms with Crippen molar-refractivity contribution in [1.82, 2.24) is 5.32 Å². The Balaban J connectivity index is 0.00000308. The van der Waals surface area contributed by atoms with Gasteiger partial charge in [-0.2, -0.15) is 0 Å². The number of hydrogen-bond donors (Lipinski definition) is 2. The molecule has 0 atom stereocenters. The highest BCUT2D eigenvalue weighted by Gasteiger charge is 2.51. The quantitative estimate of drug-likeness (QED) is 0.373. The molecule has 0 spiro atoms. The standard InChI is InChI=1S/C32H34N2O4.H2/c1-21-7-13-26(34-31(36)32(15-16-32)25-12-14-28-29(17-25)38-20-37-28)18-27(21)23-8-10-24(11-9-23)30(35)33-19-22-5-3-2-4-6-22;/h7-14,17-18,22H,2-6,15-16,19-20H2,1H3,(H,33,35)(H,34,36);1H. The van der Waals surface area contributed by atoms with Crippen LogP contribution in [0.3, 0.4) is 0 Å². The monoisotopic (exact) mass is 512 g/mol. The lowest BCUT2D eigenvalue weighted by molar-refractivity contribution is -0.118. The second-order valence-corrected chi connectivity index (χ2v) is 10.9. The Bertz CT molecular complexity index is 1360. The molecule has 2 aliphatic carbocycles. The van der Waals surface area contributed by atoms with Crippen LogP contribution in [0.25, 0.3) is 11.1 Å². The third-order valence-corrected chi connectivity index (χ3v) is 8.34. The summed E-state index contributed by atoms with van der Waals surface area (Å²) < 4.78 is 10.9. The van der Waals surface area contributed by atoms with Crippen molar-refractivity contribution in [1.29, 1.82) is 0 Å². The van der Waals surface area contributed by atoms with Gasteiger partial charge in [-0.25, -0.2) is 0 Å². The van der Waals surface area contributed by atoms with Crippen LogP contribution in [-0.4, -0.2) is 25.2 Å². The maximum Gasteiger partial charge on any atom is 0.251 e. The van der Waals surface area contributed by atoms with Gasteiger partial charge in [0, 0.05) is 19.2 Å². The number of aryl methyl sites for hydroxylation is 1. The molecule has 3 aromatic carbocycles. The van der Waals surface area contributed by atoms with Crippen LogP contribution in [0.5, 0.6) is 11.5 Å². The Hall–Kier alpha value is -3.80. The van der Waals surface area contributed by atoms with E-state index in [9.17, 15) is 9.59 Å². The Morgan fingerprint density at radius 3 is 2.45 bits per heavy atom. The van der Waals surface area contributed by atoms with Gasteiger partial charge >= 0.3 is 0 Å². The Morgan fingerprint density at radius 2 is 1.68 bits per heavy atom. The fourth-order valence-corrected chi connectivity index (χ4v) is 5.76. The van der Waals surface area contributed by atoms with Gasteiger partial charge in [0.2, 0.25) is 12.7 Å². The van der Waals surface area contributed by atoms with Gasteiger partial charge in [-0.3, -0.25) is 9.59 Å². The largest absolute Gasteiger partial charge is 0.454 e. The van der Waals surface area contributed by atoms with Crippen LogP contribution >= 0.6 is 0 Å². The molecule has 3 aromatic rings. The first-order valence-corrected chi connectivity index (χ1v) is 13.7. The molecule has 6 nitrogen and oxygen atoms in total.